The van der Waals surface area contributed by atoms with Gasteiger partial charge in [-0.2, -0.15) is 0 Å². The molecule has 0 saturated heterocycles. The zero-order chi connectivity index (χ0) is 27.7. The summed E-state index contributed by atoms with van der Waals surface area (Å²) < 4.78 is 5.81. The van der Waals surface area contributed by atoms with Gasteiger partial charge < -0.3 is 10.1 Å². The molecule has 1 N–H and O–H groups in total. The molecule has 0 spiro atoms. The lowest BCUT2D eigenvalue weighted by atomic mass is 9.83. The number of anilines is 1. The Hall–Kier alpha value is -3.28. The van der Waals surface area contributed by atoms with Crippen molar-refractivity contribution in [2.75, 3.05) is 11.9 Å². The van der Waals surface area contributed by atoms with Gasteiger partial charge in [0.05, 0.1) is 6.04 Å². The van der Waals surface area contributed by atoms with Gasteiger partial charge in [0.25, 0.3) is 0 Å². The van der Waals surface area contributed by atoms with E-state index >= 15 is 0 Å². The molecule has 2 atom stereocenters. The highest BCUT2D eigenvalue weighted by molar-refractivity contribution is 6.31. The van der Waals surface area contributed by atoms with Gasteiger partial charge in [-0.3, -0.25) is 9.69 Å². The van der Waals surface area contributed by atoms with E-state index in [9.17, 15) is 9.59 Å². The van der Waals surface area contributed by atoms with Crippen molar-refractivity contribution in [2.24, 2.45) is 5.92 Å². The van der Waals surface area contributed by atoms with Crippen molar-refractivity contribution in [1.29, 1.82) is 0 Å². The van der Waals surface area contributed by atoms with Gasteiger partial charge in [-0.05, 0) is 102 Å². The minimum absolute atomic E-state index is 0.0372. The summed E-state index contributed by atoms with van der Waals surface area (Å²) >= 11 is 12.5. The minimum atomic E-state index is -0.408. The summed E-state index contributed by atoms with van der Waals surface area (Å²) in [6, 6.07) is 20.4. The monoisotopic (exact) mass is 562 g/mol. The number of hydrogen-bond donors (Lipinski definition) is 1. The van der Waals surface area contributed by atoms with Gasteiger partial charge in [0.15, 0.2) is 0 Å². The van der Waals surface area contributed by atoms with E-state index in [4.69, 9.17) is 27.9 Å². The maximum absolute atomic E-state index is 13.6. The van der Waals surface area contributed by atoms with E-state index in [1.807, 2.05) is 49.1 Å². The van der Waals surface area contributed by atoms with Crippen molar-refractivity contribution in [3.8, 4) is 5.75 Å². The van der Waals surface area contributed by atoms with Gasteiger partial charge in [0.1, 0.15) is 5.75 Å². The van der Waals surface area contributed by atoms with E-state index < -0.39 is 6.09 Å². The highest BCUT2D eigenvalue weighted by atomic mass is 35.5. The topological polar surface area (TPSA) is 58.6 Å². The number of halogens is 2. The van der Waals surface area contributed by atoms with E-state index in [0.717, 1.165) is 24.1 Å². The average molecular weight is 564 g/mol. The van der Waals surface area contributed by atoms with Crippen LogP contribution in [0.5, 0.6) is 5.75 Å². The molecule has 202 valence electrons. The summed E-state index contributed by atoms with van der Waals surface area (Å²) in [5.74, 6) is 0.659. The molecule has 7 heteroatoms. The maximum Gasteiger partial charge on any atom is 0.416 e. The Labute approximate surface area is 239 Å². The maximum atomic E-state index is 13.6. The number of nitrogens with zero attached hydrogens (tertiary/aromatic N) is 1. The first-order valence-electron chi connectivity index (χ1n) is 13.4. The van der Waals surface area contributed by atoms with E-state index in [1.165, 1.54) is 22.3 Å². The lowest BCUT2D eigenvalue weighted by Crippen LogP contribution is -2.41. The zero-order valence-electron chi connectivity index (χ0n) is 22.3. The smallest absolute Gasteiger partial charge is 0.410 e. The molecule has 2 aliphatic rings. The van der Waals surface area contributed by atoms with Crippen molar-refractivity contribution < 1.29 is 14.3 Å². The Morgan fingerprint density at radius 1 is 0.949 bits per heavy atom. The van der Waals surface area contributed by atoms with Crippen LogP contribution in [0.2, 0.25) is 10.0 Å². The Balaban J connectivity index is 1.55. The minimum Gasteiger partial charge on any atom is -0.410 e. The van der Waals surface area contributed by atoms with Crippen LogP contribution in [0.3, 0.4) is 0 Å². The Kier molecular flexibility index (Phi) is 8.01. The molecule has 0 radical (unpaired) electrons. The van der Waals surface area contributed by atoms with Crippen LogP contribution in [0.4, 0.5) is 10.5 Å². The number of rotatable bonds is 4. The summed E-state index contributed by atoms with van der Waals surface area (Å²) in [6.07, 6.45) is 2.12. The van der Waals surface area contributed by atoms with E-state index in [1.54, 1.807) is 24.3 Å². The molecule has 2 unspecified atom stereocenters. The molecule has 3 aromatic carbocycles. The van der Waals surface area contributed by atoms with Crippen LogP contribution in [0, 0.1) is 5.92 Å². The normalized spacial score (nSPS) is 18.8. The van der Waals surface area contributed by atoms with Gasteiger partial charge >= 0.3 is 6.09 Å². The Bertz CT molecular complexity index is 1410. The first-order chi connectivity index (χ1) is 18.7. The summed E-state index contributed by atoms with van der Waals surface area (Å²) in [7, 11) is 0. The summed E-state index contributed by atoms with van der Waals surface area (Å²) in [6.45, 7) is 6.48. The Morgan fingerprint density at radius 3 is 2.33 bits per heavy atom. The molecule has 0 saturated carbocycles. The molecule has 1 aliphatic carbocycles. The SMILES string of the molecule is CC(C)C(=O)Nc1ccc(C2C3=C(CCN2C(=O)Oc2ccc(Cl)cc2)c2cc(Cl)ccc2C(C)CC3)cc1. The van der Waals surface area contributed by atoms with Crippen LogP contribution < -0.4 is 10.1 Å². The van der Waals surface area contributed by atoms with Crippen molar-refractivity contribution >= 4 is 46.5 Å². The van der Waals surface area contributed by atoms with Gasteiger partial charge in [-0.15, -0.1) is 0 Å². The summed E-state index contributed by atoms with van der Waals surface area (Å²) in [5.41, 5.74) is 6.64. The molecule has 5 nitrogen and oxygen atoms in total. The predicted octanol–water partition coefficient (Wildman–Crippen LogP) is 8.88. The first-order valence-corrected chi connectivity index (χ1v) is 14.1. The van der Waals surface area contributed by atoms with E-state index in [2.05, 4.69) is 24.4 Å². The van der Waals surface area contributed by atoms with Gasteiger partial charge in [0.2, 0.25) is 5.91 Å². The number of nitrogens with one attached hydrogen (secondary N) is 1. The molecule has 0 fully saturated rings. The summed E-state index contributed by atoms with van der Waals surface area (Å²) in [4.78, 5) is 27.7. The zero-order valence-corrected chi connectivity index (χ0v) is 23.9. The standard InChI is InChI=1S/C32H32Cl2N2O3/c1-19(2)31(37)35-24-10-5-21(6-11-24)30-28-14-4-20(3)26-15-9-23(34)18-29(26)27(28)16-17-36(30)32(38)39-25-12-7-22(33)8-13-25/h5-13,15,18-20,30H,4,14,16-17H2,1-3H3,(H,35,37). The van der Waals surface area contributed by atoms with Crippen LogP contribution >= 0.6 is 23.2 Å². The number of carbonyl (C=O) groups is 2. The second-order valence-electron chi connectivity index (χ2n) is 10.6. The van der Waals surface area contributed by atoms with Crippen LogP contribution in [0.25, 0.3) is 5.57 Å². The number of hydrogen-bond acceptors (Lipinski definition) is 3. The average Bonchev–Trinajstić information content (AvgIpc) is 3.06. The third-order valence-electron chi connectivity index (χ3n) is 7.62. The lowest BCUT2D eigenvalue weighted by molar-refractivity contribution is -0.118. The first kappa shape index (κ1) is 27.3. The predicted molar refractivity (Wildman–Crippen MR) is 157 cm³/mol. The Morgan fingerprint density at radius 2 is 1.64 bits per heavy atom. The molecule has 2 amide bonds. The second-order valence-corrected chi connectivity index (χ2v) is 11.5. The molecule has 3 aromatic rings. The van der Waals surface area contributed by atoms with Crippen LogP contribution in [-0.2, 0) is 4.79 Å². The highest BCUT2D eigenvalue weighted by Crippen LogP contribution is 2.48. The fraction of sp³-hybridized carbons (Fsp3) is 0.312. The van der Waals surface area contributed by atoms with Crippen LogP contribution in [-0.4, -0.2) is 23.4 Å². The highest BCUT2D eigenvalue weighted by Gasteiger charge is 2.37. The fourth-order valence-electron chi connectivity index (χ4n) is 5.49. The van der Waals surface area contributed by atoms with Crippen LogP contribution in [0.1, 0.15) is 68.7 Å². The third kappa shape index (κ3) is 5.85. The van der Waals surface area contributed by atoms with Crippen molar-refractivity contribution in [3.63, 3.8) is 0 Å². The van der Waals surface area contributed by atoms with Crippen molar-refractivity contribution in [3.05, 3.63) is 99.0 Å². The lowest BCUT2D eigenvalue weighted by Gasteiger charge is -2.38. The molecule has 0 aromatic heterocycles. The summed E-state index contributed by atoms with van der Waals surface area (Å²) in [5, 5.41) is 4.24. The molecule has 5 rings (SSSR count). The fourth-order valence-corrected chi connectivity index (χ4v) is 5.79. The number of amides is 2. The van der Waals surface area contributed by atoms with Crippen molar-refractivity contribution in [1.82, 2.24) is 4.90 Å². The van der Waals surface area contributed by atoms with Gasteiger partial charge in [-0.25, -0.2) is 4.79 Å². The number of carbonyl (C=O) groups excluding carboxylic acids is 2. The van der Waals surface area contributed by atoms with E-state index in [-0.39, 0.29) is 17.9 Å². The molecule has 1 heterocycles. The number of benzene rings is 3. The van der Waals surface area contributed by atoms with Gasteiger partial charge in [0, 0.05) is 28.2 Å². The second kappa shape index (κ2) is 11.4. The van der Waals surface area contributed by atoms with Crippen molar-refractivity contribution in [2.45, 2.75) is 52.0 Å². The molecule has 39 heavy (non-hydrogen) atoms. The quantitative estimate of drug-likeness (QED) is 0.345. The number of ether oxygens (including phenoxy) is 1. The van der Waals surface area contributed by atoms with Crippen LogP contribution in [0.15, 0.2) is 72.3 Å². The molecular weight excluding hydrogens is 531 g/mol. The third-order valence-corrected chi connectivity index (χ3v) is 8.11. The molecule has 1 aliphatic heterocycles. The van der Waals surface area contributed by atoms with E-state index in [0.29, 0.717) is 34.7 Å². The number of fused-ring (bicyclic) bond motifs is 2. The molecule has 0 bridgehead atoms. The largest absolute Gasteiger partial charge is 0.416 e. The molecular formula is C32H32Cl2N2O3. The van der Waals surface area contributed by atoms with Gasteiger partial charge in [-0.1, -0.05) is 62.2 Å².